The predicted octanol–water partition coefficient (Wildman–Crippen LogP) is 3.99. The van der Waals surface area contributed by atoms with E-state index in [1.54, 1.807) is 6.92 Å². The Labute approximate surface area is 98.2 Å². The lowest BCUT2D eigenvalue weighted by atomic mass is 9.97. The molecule has 0 bridgehead atoms. The molecule has 1 heteroatoms. The number of rotatable bonds is 3. The van der Waals surface area contributed by atoms with Gasteiger partial charge in [0.2, 0.25) is 0 Å². The number of carbonyl (C=O) groups is 1. The molecule has 86 valence electrons. The third-order valence-corrected chi connectivity index (χ3v) is 3.01. The van der Waals surface area contributed by atoms with Crippen LogP contribution in [0.5, 0.6) is 0 Å². The van der Waals surface area contributed by atoms with Gasteiger partial charge in [-0.3, -0.25) is 4.79 Å². The molecule has 0 spiro atoms. The molecule has 0 unspecified atom stereocenters. The molecule has 0 aromatic heterocycles. The van der Waals surface area contributed by atoms with Crippen molar-refractivity contribution in [3.8, 4) is 0 Å². The minimum Gasteiger partial charge on any atom is -0.295 e. The van der Waals surface area contributed by atoms with Gasteiger partial charge in [-0.15, -0.1) is 0 Å². The molecular formula is C15H20O. The van der Waals surface area contributed by atoms with Crippen LogP contribution in [0.15, 0.2) is 17.7 Å². The molecule has 0 fully saturated rings. The average Bonchev–Trinajstić information content (AvgIpc) is 2.20. The molecule has 1 aromatic rings. The summed E-state index contributed by atoms with van der Waals surface area (Å²) in [6.45, 7) is 9.95. The van der Waals surface area contributed by atoms with E-state index in [1.165, 1.54) is 22.3 Å². The van der Waals surface area contributed by atoms with E-state index in [9.17, 15) is 4.79 Å². The van der Waals surface area contributed by atoms with Crippen LogP contribution in [0.4, 0.5) is 0 Å². The molecule has 0 aliphatic heterocycles. The smallest absolute Gasteiger partial charge is 0.155 e. The molecular weight excluding hydrogens is 196 g/mol. The number of ketones is 1. The molecule has 1 aromatic carbocycles. The number of allylic oxidation sites excluding steroid dienone is 1. The molecule has 0 saturated carbocycles. The Morgan fingerprint density at radius 3 is 2.38 bits per heavy atom. The first kappa shape index (κ1) is 12.7. The molecule has 0 amide bonds. The molecule has 0 radical (unpaired) electrons. The molecule has 0 N–H and O–H groups in total. The van der Waals surface area contributed by atoms with Crippen molar-refractivity contribution in [2.24, 2.45) is 0 Å². The Balaban J connectivity index is 3.28. The van der Waals surface area contributed by atoms with Crippen molar-refractivity contribution in [1.82, 2.24) is 0 Å². The highest BCUT2D eigenvalue weighted by Crippen LogP contribution is 2.20. The van der Waals surface area contributed by atoms with Gasteiger partial charge in [-0.05, 0) is 62.5 Å². The minimum absolute atomic E-state index is 0.168. The van der Waals surface area contributed by atoms with Gasteiger partial charge in [-0.1, -0.05) is 24.6 Å². The second-order valence-corrected chi connectivity index (χ2v) is 4.38. The van der Waals surface area contributed by atoms with Gasteiger partial charge in [0.1, 0.15) is 0 Å². The second kappa shape index (κ2) is 5.11. The monoisotopic (exact) mass is 216 g/mol. The summed E-state index contributed by atoms with van der Waals surface area (Å²) in [5.74, 6) is 0.168. The SMILES string of the molecule is CC/C(=C/c1cc(C)cc(C)c1C)C(C)=O. The number of Topliss-reactive ketones (excluding diaryl/α,β-unsaturated/α-hetero) is 1. The van der Waals surface area contributed by atoms with Gasteiger partial charge in [0.25, 0.3) is 0 Å². The maximum Gasteiger partial charge on any atom is 0.155 e. The van der Waals surface area contributed by atoms with E-state index < -0.39 is 0 Å². The van der Waals surface area contributed by atoms with Crippen molar-refractivity contribution in [1.29, 1.82) is 0 Å². The summed E-state index contributed by atoms with van der Waals surface area (Å²) in [5.41, 5.74) is 5.86. The van der Waals surface area contributed by atoms with Gasteiger partial charge < -0.3 is 0 Å². The van der Waals surface area contributed by atoms with E-state index in [2.05, 4.69) is 32.9 Å². The van der Waals surface area contributed by atoms with Crippen LogP contribution in [0, 0.1) is 20.8 Å². The number of aryl methyl sites for hydroxylation is 2. The highest BCUT2D eigenvalue weighted by Gasteiger charge is 2.04. The van der Waals surface area contributed by atoms with Crippen molar-refractivity contribution in [2.75, 3.05) is 0 Å². The van der Waals surface area contributed by atoms with Crippen LogP contribution in [0.3, 0.4) is 0 Å². The fourth-order valence-electron chi connectivity index (χ4n) is 1.86. The molecule has 0 aliphatic rings. The predicted molar refractivity (Wildman–Crippen MR) is 69.6 cm³/mol. The van der Waals surface area contributed by atoms with E-state index in [0.29, 0.717) is 0 Å². The van der Waals surface area contributed by atoms with Crippen LogP contribution in [0.25, 0.3) is 6.08 Å². The third kappa shape index (κ3) is 2.82. The van der Waals surface area contributed by atoms with Gasteiger partial charge in [-0.2, -0.15) is 0 Å². The fraction of sp³-hybridized carbons (Fsp3) is 0.400. The first-order valence-electron chi connectivity index (χ1n) is 5.75. The van der Waals surface area contributed by atoms with Crippen molar-refractivity contribution in [3.63, 3.8) is 0 Å². The third-order valence-electron chi connectivity index (χ3n) is 3.01. The average molecular weight is 216 g/mol. The summed E-state index contributed by atoms with van der Waals surface area (Å²) in [5, 5.41) is 0. The molecule has 16 heavy (non-hydrogen) atoms. The highest BCUT2D eigenvalue weighted by atomic mass is 16.1. The Hall–Kier alpha value is -1.37. The van der Waals surface area contributed by atoms with Crippen molar-refractivity contribution in [2.45, 2.75) is 41.0 Å². The number of hydrogen-bond acceptors (Lipinski definition) is 1. The number of carbonyl (C=O) groups excluding carboxylic acids is 1. The van der Waals surface area contributed by atoms with Crippen LogP contribution in [0.1, 0.15) is 42.5 Å². The summed E-state index contributed by atoms with van der Waals surface area (Å²) in [6.07, 6.45) is 2.82. The summed E-state index contributed by atoms with van der Waals surface area (Å²) in [4.78, 5) is 11.4. The molecule has 0 atom stereocenters. The first-order chi connectivity index (χ1) is 7.45. The van der Waals surface area contributed by atoms with E-state index in [4.69, 9.17) is 0 Å². The van der Waals surface area contributed by atoms with Crippen LogP contribution < -0.4 is 0 Å². The van der Waals surface area contributed by atoms with Crippen LogP contribution in [0.2, 0.25) is 0 Å². The van der Waals surface area contributed by atoms with Crippen molar-refractivity contribution < 1.29 is 4.79 Å². The quantitative estimate of drug-likeness (QED) is 0.698. The van der Waals surface area contributed by atoms with Gasteiger partial charge in [-0.25, -0.2) is 0 Å². The number of hydrogen-bond donors (Lipinski definition) is 0. The molecule has 1 nitrogen and oxygen atoms in total. The van der Waals surface area contributed by atoms with E-state index >= 15 is 0 Å². The maximum absolute atomic E-state index is 11.4. The summed E-state index contributed by atoms with van der Waals surface area (Å²) in [6, 6.07) is 4.31. The second-order valence-electron chi connectivity index (χ2n) is 4.38. The van der Waals surface area contributed by atoms with E-state index in [0.717, 1.165) is 12.0 Å². The van der Waals surface area contributed by atoms with E-state index in [-0.39, 0.29) is 5.78 Å². The molecule has 0 heterocycles. The van der Waals surface area contributed by atoms with Gasteiger partial charge >= 0.3 is 0 Å². The zero-order valence-corrected chi connectivity index (χ0v) is 10.8. The Bertz CT molecular complexity index is 439. The Morgan fingerprint density at radius 2 is 1.88 bits per heavy atom. The largest absolute Gasteiger partial charge is 0.295 e. The summed E-state index contributed by atoms with van der Waals surface area (Å²) in [7, 11) is 0. The van der Waals surface area contributed by atoms with Crippen molar-refractivity contribution in [3.05, 3.63) is 40.0 Å². The normalized spacial score (nSPS) is 11.7. The zero-order chi connectivity index (χ0) is 12.3. The van der Waals surface area contributed by atoms with Gasteiger partial charge in [0, 0.05) is 0 Å². The standard InChI is InChI=1S/C15H20O/c1-6-14(13(5)16)9-15-8-10(2)7-11(3)12(15)4/h7-9H,6H2,1-5H3/b14-9-. The molecule has 0 saturated heterocycles. The topological polar surface area (TPSA) is 17.1 Å². The lowest BCUT2D eigenvalue weighted by molar-refractivity contribution is -0.113. The summed E-state index contributed by atoms with van der Waals surface area (Å²) >= 11 is 0. The van der Waals surface area contributed by atoms with Crippen LogP contribution >= 0.6 is 0 Å². The minimum atomic E-state index is 0.168. The highest BCUT2D eigenvalue weighted by molar-refractivity contribution is 5.97. The van der Waals surface area contributed by atoms with Crippen LogP contribution in [-0.2, 0) is 4.79 Å². The summed E-state index contributed by atoms with van der Waals surface area (Å²) < 4.78 is 0. The first-order valence-corrected chi connectivity index (χ1v) is 5.75. The Morgan fingerprint density at radius 1 is 1.25 bits per heavy atom. The fourth-order valence-corrected chi connectivity index (χ4v) is 1.86. The van der Waals surface area contributed by atoms with E-state index in [1.807, 2.05) is 13.0 Å². The van der Waals surface area contributed by atoms with Gasteiger partial charge in [0.15, 0.2) is 5.78 Å². The molecule has 0 aliphatic carbocycles. The van der Waals surface area contributed by atoms with Crippen molar-refractivity contribution >= 4 is 11.9 Å². The van der Waals surface area contributed by atoms with Crippen LogP contribution in [-0.4, -0.2) is 5.78 Å². The maximum atomic E-state index is 11.4. The molecule has 1 rings (SSSR count). The lowest BCUT2D eigenvalue weighted by Crippen LogP contribution is -1.96. The Kier molecular flexibility index (Phi) is 4.05. The zero-order valence-electron chi connectivity index (χ0n) is 10.8. The van der Waals surface area contributed by atoms with Gasteiger partial charge in [0.05, 0.1) is 0 Å². The number of benzene rings is 1. The lowest BCUT2D eigenvalue weighted by Gasteiger charge is -2.08.